The van der Waals surface area contributed by atoms with E-state index in [9.17, 15) is 8.42 Å². The van der Waals surface area contributed by atoms with Crippen molar-refractivity contribution in [1.82, 2.24) is 9.62 Å². The quantitative estimate of drug-likeness (QED) is 0.808. The summed E-state index contributed by atoms with van der Waals surface area (Å²) in [4.78, 5) is 0. The summed E-state index contributed by atoms with van der Waals surface area (Å²) in [5.74, 6) is 1.20. The number of sulfonamides is 1. The molecule has 6 nitrogen and oxygen atoms in total. The maximum atomic E-state index is 12.5. The number of furan rings is 2. The van der Waals surface area contributed by atoms with Crippen LogP contribution in [0.25, 0.3) is 0 Å². The Kier molecular flexibility index (Phi) is 5.22. The summed E-state index contributed by atoms with van der Waals surface area (Å²) >= 11 is 0. The maximum Gasteiger partial charge on any atom is 0.276 e. The Bertz CT molecular complexity index is 646. The molecule has 7 heteroatoms. The van der Waals surface area contributed by atoms with Crippen molar-refractivity contribution in [1.29, 1.82) is 0 Å². The summed E-state index contributed by atoms with van der Waals surface area (Å²) in [5.41, 5.74) is 0. The summed E-state index contributed by atoms with van der Waals surface area (Å²) in [6, 6.07) is 6.65. The van der Waals surface area contributed by atoms with Crippen molar-refractivity contribution in [2.24, 2.45) is 0 Å². The van der Waals surface area contributed by atoms with Crippen molar-refractivity contribution in [3.8, 4) is 0 Å². The lowest BCUT2D eigenvalue weighted by molar-refractivity contribution is 0.347. The van der Waals surface area contributed by atoms with E-state index in [-0.39, 0.29) is 11.6 Å². The first kappa shape index (κ1) is 15.8. The topological polar surface area (TPSA) is 75.7 Å². The molecule has 0 saturated heterocycles. The van der Waals surface area contributed by atoms with Gasteiger partial charge in [-0.2, -0.15) is 4.31 Å². The molecule has 2 aromatic rings. The van der Waals surface area contributed by atoms with Crippen LogP contribution in [0.5, 0.6) is 0 Å². The Morgan fingerprint density at radius 3 is 2.62 bits per heavy atom. The van der Waals surface area contributed by atoms with Gasteiger partial charge in [-0.15, -0.1) is 0 Å². The summed E-state index contributed by atoms with van der Waals surface area (Å²) in [7, 11) is -3.65. The van der Waals surface area contributed by atoms with Gasteiger partial charge in [0.1, 0.15) is 11.5 Å². The van der Waals surface area contributed by atoms with Crippen LogP contribution in [0.2, 0.25) is 0 Å². The fraction of sp³-hybridized carbons (Fsp3) is 0.429. The number of rotatable bonds is 8. The molecule has 0 aliphatic carbocycles. The molecule has 0 spiro atoms. The molecule has 116 valence electrons. The molecule has 2 aromatic heterocycles. The molecule has 0 saturated carbocycles. The lowest BCUT2D eigenvalue weighted by atomic mass is 10.4. The van der Waals surface area contributed by atoms with Gasteiger partial charge in [0, 0.05) is 6.54 Å². The van der Waals surface area contributed by atoms with Gasteiger partial charge in [0.25, 0.3) is 10.0 Å². The lowest BCUT2D eigenvalue weighted by Gasteiger charge is -2.17. The van der Waals surface area contributed by atoms with Crippen molar-refractivity contribution in [3.05, 3.63) is 42.0 Å². The third kappa shape index (κ3) is 3.75. The van der Waals surface area contributed by atoms with Crippen LogP contribution < -0.4 is 5.32 Å². The minimum atomic E-state index is -3.65. The molecule has 21 heavy (non-hydrogen) atoms. The highest BCUT2D eigenvalue weighted by molar-refractivity contribution is 7.89. The van der Waals surface area contributed by atoms with Crippen LogP contribution in [0, 0.1) is 0 Å². The molecule has 0 amide bonds. The van der Waals surface area contributed by atoms with Gasteiger partial charge in [-0.1, -0.05) is 13.8 Å². The van der Waals surface area contributed by atoms with Gasteiger partial charge < -0.3 is 14.2 Å². The average molecular weight is 312 g/mol. The van der Waals surface area contributed by atoms with Crippen LogP contribution in [-0.2, 0) is 23.1 Å². The van der Waals surface area contributed by atoms with E-state index in [1.165, 1.54) is 16.6 Å². The molecule has 0 bridgehead atoms. The second-order valence-electron chi connectivity index (χ2n) is 4.51. The fourth-order valence-corrected chi connectivity index (χ4v) is 3.25. The number of hydrogen-bond acceptors (Lipinski definition) is 5. The van der Waals surface area contributed by atoms with E-state index in [1.807, 2.05) is 6.92 Å². The molecule has 0 unspecified atom stereocenters. The largest absolute Gasteiger partial charge is 0.468 e. The molecule has 0 atom stereocenters. The minimum absolute atomic E-state index is 0.0381. The number of nitrogens with one attached hydrogen (secondary N) is 1. The lowest BCUT2D eigenvalue weighted by Crippen LogP contribution is -2.30. The molecule has 0 aliphatic rings. The predicted octanol–water partition coefficient (Wildman–Crippen LogP) is 2.19. The van der Waals surface area contributed by atoms with Gasteiger partial charge in [-0.25, -0.2) is 8.42 Å². The van der Waals surface area contributed by atoms with E-state index in [1.54, 1.807) is 25.1 Å². The Balaban J connectivity index is 2.16. The van der Waals surface area contributed by atoms with Crippen molar-refractivity contribution in [2.75, 3.05) is 13.1 Å². The van der Waals surface area contributed by atoms with Crippen molar-refractivity contribution >= 4 is 10.0 Å². The van der Waals surface area contributed by atoms with Gasteiger partial charge in [0.2, 0.25) is 5.09 Å². The highest BCUT2D eigenvalue weighted by atomic mass is 32.2. The van der Waals surface area contributed by atoms with Crippen LogP contribution in [0.3, 0.4) is 0 Å². The first-order valence-electron chi connectivity index (χ1n) is 6.90. The van der Waals surface area contributed by atoms with Crippen molar-refractivity contribution in [2.45, 2.75) is 32.0 Å². The predicted molar refractivity (Wildman–Crippen MR) is 78.1 cm³/mol. The highest BCUT2D eigenvalue weighted by Crippen LogP contribution is 2.20. The van der Waals surface area contributed by atoms with Gasteiger partial charge in [-0.05, 0) is 30.8 Å². The van der Waals surface area contributed by atoms with E-state index in [0.29, 0.717) is 24.6 Å². The summed E-state index contributed by atoms with van der Waals surface area (Å²) in [6.07, 6.45) is 1.53. The monoisotopic (exact) mass is 312 g/mol. The van der Waals surface area contributed by atoms with Gasteiger partial charge in [0.05, 0.1) is 19.4 Å². The Labute approximate surface area is 124 Å². The van der Waals surface area contributed by atoms with Gasteiger partial charge in [0.15, 0.2) is 0 Å². The average Bonchev–Trinajstić information content (AvgIpc) is 3.13. The molecule has 0 fully saturated rings. The fourth-order valence-electron chi connectivity index (χ4n) is 1.91. The molecule has 2 rings (SSSR count). The summed E-state index contributed by atoms with van der Waals surface area (Å²) < 4.78 is 37.1. The van der Waals surface area contributed by atoms with Crippen LogP contribution in [-0.4, -0.2) is 25.8 Å². The van der Waals surface area contributed by atoms with Crippen LogP contribution >= 0.6 is 0 Å². The molecular formula is C14H20N2O4S. The second kappa shape index (κ2) is 6.93. The van der Waals surface area contributed by atoms with Crippen LogP contribution in [0.1, 0.15) is 25.4 Å². The Morgan fingerprint density at radius 1 is 1.19 bits per heavy atom. The summed E-state index contributed by atoms with van der Waals surface area (Å²) in [5, 5.41) is 3.05. The molecule has 0 aromatic carbocycles. The molecule has 2 heterocycles. The molecule has 1 N–H and O–H groups in total. The SMILES string of the molecule is CCNCc1ccc(S(=O)(=O)N(CC)Cc2ccco2)o1. The van der Waals surface area contributed by atoms with Gasteiger partial charge in [-0.3, -0.25) is 0 Å². The van der Waals surface area contributed by atoms with Crippen LogP contribution in [0.4, 0.5) is 0 Å². The highest BCUT2D eigenvalue weighted by Gasteiger charge is 2.27. The van der Waals surface area contributed by atoms with Crippen molar-refractivity contribution in [3.63, 3.8) is 0 Å². The van der Waals surface area contributed by atoms with E-state index in [2.05, 4.69) is 5.32 Å². The zero-order chi connectivity index (χ0) is 15.3. The third-order valence-corrected chi connectivity index (χ3v) is 4.84. The minimum Gasteiger partial charge on any atom is -0.468 e. The first-order valence-corrected chi connectivity index (χ1v) is 8.34. The Hall–Kier alpha value is -1.57. The smallest absolute Gasteiger partial charge is 0.276 e. The number of nitrogens with zero attached hydrogens (tertiary/aromatic N) is 1. The number of hydrogen-bond donors (Lipinski definition) is 1. The third-order valence-electron chi connectivity index (χ3n) is 3.05. The second-order valence-corrected chi connectivity index (χ2v) is 6.38. The normalized spacial score (nSPS) is 12.1. The standard InChI is InChI=1S/C14H20N2O4S/c1-3-15-10-12-7-8-14(20-12)21(17,18)16(4-2)11-13-6-5-9-19-13/h5-9,15H,3-4,10-11H2,1-2H3. The maximum absolute atomic E-state index is 12.5. The Morgan fingerprint density at radius 2 is 2.00 bits per heavy atom. The summed E-state index contributed by atoms with van der Waals surface area (Å²) in [6.45, 7) is 5.59. The van der Waals surface area contributed by atoms with E-state index >= 15 is 0 Å². The zero-order valence-corrected chi connectivity index (χ0v) is 13.0. The van der Waals surface area contributed by atoms with E-state index in [0.717, 1.165) is 6.54 Å². The molecular weight excluding hydrogens is 292 g/mol. The first-order chi connectivity index (χ1) is 10.1. The van der Waals surface area contributed by atoms with Crippen molar-refractivity contribution < 1.29 is 17.3 Å². The molecule has 0 radical (unpaired) electrons. The van der Waals surface area contributed by atoms with E-state index < -0.39 is 10.0 Å². The zero-order valence-electron chi connectivity index (χ0n) is 12.2. The van der Waals surface area contributed by atoms with Gasteiger partial charge >= 0.3 is 0 Å². The van der Waals surface area contributed by atoms with E-state index in [4.69, 9.17) is 8.83 Å². The van der Waals surface area contributed by atoms with Crippen LogP contribution in [0.15, 0.2) is 44.5 Å². The molecule has 0 aliphatic heterocycles.